The molecule has 0 aliphatic heterocycles. The van der Waals surface area contributed by atoms with E-state index < -0.39 is 0 Å². The number of aromatic nitrogens is 6. The van der Waals surface area contributed by atoms with Gasteiger partial charge < -0.3 is 9.88 Å². The molecule has 0 saturated carbocycles. The fraction of sp³-hybridized carbons (Fsp3) is 0.360. The van der Waals surface area contributed by atoms with Crippen LogP contribution in [0.4, 0.5) is 5.69 Å². The van der Waals surface area contributed by atoms with Crippen LogP contribution in [0.2, 0.25) is 5.02 Å². The Morgan fingerprint density at radius 2 is 1.94 bits per heavy atom. The van der Waals surface area contributed by atoms with Crippen molar-refractivity contribution in [2.24, 2.45) is 7.05 Å². The summed E-state index contributed by atoms with van der Waals surface area (Å²) in [7, 11) is 1.92. The molecule has 7 nitrogen and oxygen atoms in total. The van der Waals surface area contributed by atoms with Crippen LogP contribution in [-0.4, -0.2) is 29.1 Å². The quantitative estimate of drug-likeness (QED) is 0.407. The highest BCUT2D eigenvalue weighted by molar-refractivity contribution is 6.33. The van der Waals surface area contributed by atoms with E-state index in [-0.39, 0.29) is 11.3 Å². The molecule has 0 spiro atoms. The number of anilines is 1. The number of imidazole rings is 1. The molecule has 172 valence electrons. The first-order chi connectivity index (χ1) is 15.7. The number of fused-ring (bicyclic) bond motifs is 3. The zero-order valence-corrected chi connectivity index (χ0v) is 20.8. The van der Waals surface area contributed by atoms with Gasteiger partial charge in [0, 0.05) is 48.1 Å². The number of rotatable bonds is 4. The number of allylic oxidation sites excluding steroid dienone is 1. The summed E-state index contributed by atoms with van der Waals surface area (Å²) in [6.07, 6.45) is 8.27. The van der Waals surface area contributed by atoms with Gasteiger partial charge in [0.15, 0.2) is 5.65 Å². The average molecular weight is 464 g/mol. The lowest BCUT2D eigenvalue weighted by atomic mass is 9.88. The second-order valence-corrected chi connectivity index (χ2v) is 9.29. The van der Waals surface area contributed by atoms with Crippen LogP contribution in [-0.2, 0) is 12.5 Å². The van der Waals surface area contributed by atoms with Crippen LogP contribution in [0.3, 0.4) is 0 Å². The minimum Gasteiger partial charge on any atom is -0.358 e. The van der Waals surface area contributed by atoms with Gasteiger partial charge in [-0.2, -0.15) is 5.10 Å². The molecule has 4 heterocycles. The molecule has 1 aliphatic rings. The number of hydrogen-bond donors (Lipinski definition) is 1. The van der Waals surface area contributed by atoms with Crippen molar-refractivity contribution in [3.05, 3.63) is 71.3 Å². The van der Waals surface area contributed by atoms with E-state index in [0.717, 1.165) is 40.4 Å². The summed E-state index contributed by atoms with van der Waals surface area (Å²) in [5.41, 5.74) is 7.23. The lowest BCUT2D eigenvalue weighted by Crippen LogP contribution is -2.18. The topological polar surface area (TPSA) is 72.9 Å². The van der Waals surface area contributed by atoms with Crippen molar-refractivity contribution in [1.82, 2.24) is 29.1 Å². The van der Waals surface area contributed by atoms with E-state index in [9.17, 15) is 0 Å². The van der Waals surface area contributed by atoms with E-state index in [1.165, 1.54) is 5.69 Å². The second kappa shape index (κ2) is 8.63. The Morgan fingerprint density at radius 1 is 1.18 bits per heavy atom. The molecule has 8 heteroatoms. The van der Waals surface area contributed by atoms with Crippen LogP contribution in [0.15, 0.2) is 49.3 Å². The number of aryl methyl sites for hydroxylation is 2. The van der Waals surface area contributed by atoms with Crippen molar-refractivity contribution in [2.45, 2.75) is 52.4 Å². The van der Waals surface area contributed by atoms with Gasteiger partial charge in [-0.05, 0) is 19.4 Å². The van der Waals surface area contributed by atoms with Gasteiger partial charge in [-0.3, -0.25) is 4.98 Å². The van der Waals surface area contributed by atoms with E-state index >= 15 is 0 Å². The van der Waals surface area contributed by atoms with Gasteiger partial charge in [-0.1, -0.05) is 45.9 Å². The standard InChI is InChI=1S/C23H24ClN7.C2H6/c1-13-6-20-25-10-17-16(8-23(3,4)22(17)31(20)29-13)14(2)28-15-7-18(24)21(26-9-15)19-11-30(5)12-27-19;1-2/h6-7,9-12,16,28H,2,8H2,1,3-5H3;1-2H3. The summed E-state index contributed by atoms with van der Waals surface area (Å²) in [5.74, 6) is 0.112. The van der Waals surface area contributed by atoms with Gasteiger partial charge in [0.1, 0.15) is 11.4 Å². The third kappa shape index (κ3) is 4.13. The van der Waals surface area contributed by atoms with E-state index in [2.05, 4.69) is 45.8 Å². The number of pyridine rings is 1. The third-order valence-corrected chi connectivity index (χ3v) is 6.17. The summed E-state index contributed by atoms with van der Waals surface area (Å²) < 4.78 is 3.85. The zero-order valence-electron chi connectivity index (χ0n) is 20.0. The smallest absolute Gasteiger partial charge is 0.155 e. The number of nitrogens with one attached hydrogen (secondary N) is 1. The highest BCUT2D eigenvalue weighted by Gasteiger charge is 2.41. The van der Waals surface area contributed by atoms with Crippen LogP contribution < -0.4 is 5.32 Å². The predicted octanol–water partition coefficient (Wildman–Crippen LogP) is 5.90. The Kier molecular flexibility index (Phi) is 6.01. The summed E-state index contributed by atoms with van der Waals surface area (Å²) >= 11 is 6.51. The van der Waals surface area contributed by atoms with Gasteiger partial charge in [-0.15, -0.1) is 0 Å². The Labute approximate surface area is 199 Å². The van der Waals surface area contributed by atoms with Crippen molar-refractivity contribution in [3.63, 3.8) is 0 Å². The van der Waals surface area contributed by atoms with Gasteiger partial charge in [0.2, 0.25) is 0 Å². The summed E-state index contributed by atoms with van der Waals surface area (Å²) in [5, 5.41) is 8.64. The highest BCUT2D eigenvalue weighted by atomic mass is 35.5. The SMILES string of the molecule is C=C(Nc1cnc(-c2cn(C)cn2)c(Cl)c1)C1CC(C)(C)c2c1cnc1cc(C)nn21.CC. The van der Waals surface area contributed by atoms with Crippen molar-refractivity contribution in [2.75, 3.05) is 5.32 Å². The molecule has 0 radical (unpaired) electrons. The first-order valence-corrected chi connectivity index (χ1v) is 11.6. The molecule has 1 N–H and O–H groups in total. The largest absolute Gasteiger partial charge is 0.358 e. The summed E-state index contributed by atoms with van der Waals surface area (Å²) in [6, 6.07) is 3.87. The Balaban J connectivity index is 0.00000126. The molecule has 0 bridgehead atoms. The first kappa shape index (κ1) is 23.0. The summed E-state index contributed by atoms with van der Waals surface area (Å²) in [6.45, 7) is 14.8. The molecule has 33 heavy (non-hydrogen) atoms. The Morgan fingerprint density at radius 3 is 2.61 bits per heavy atom. The van der Waals surface area contributed by atoms with Crippen LogP contribution in [0, 0.1) is 6.92 Å². The number of nitrogens with zero attached hydrogens (tertiary/aromatic N) is 6. The maximum absolute atomic E-state index is 6.51. The van der Waals surface area contributed by atoms with E-state index in [0.29, 0.717) is 10.7 Å². The van der Waals surface area contributed by atoms with Crippen molar-refractivity contribution in [1.29, 1.82) is 0 Å². The average Bonchev–Trinajstić information content (AvgIpc) is 3.44. The van der Waals surface area contributed by atoms with E-state index in [1.807, 2.05) is 61.4 Å². The minimum absolute atomic E-state index is 0.0526. The third-order valence-electron chi connectivity index (χ3n) is 5.88. The number of hydrogen-bond acceptors (Lipinski definition) is 5. The number of halogens is 1. The fourth-order valence-corrected chi connectivity index (χ4v) is 4.79. The molecule has 0 fully saturated rings. The molecule has 0 saturated heterocycles. The fourth-order valence-electron chi connectivity index (χ4n) is 4.52. The van der Waals surface area contributed by atoms with Gasteiger partial charge in [0.05, 0.1) is 34.6 Å². The maximum Gasteiger partial charge on any atom is 0.155 e. The van der Waals surface area contributed by atoms with Gasteiger partial charge >= 0.3 is 0 Å². The second-order valence-electron chi connectivity index (χ2n) is 8.89. The van der Waals surface area contributed by atoms with Crippen molar-refractivity contribution in [3.8, 4) is 11.4 Å². The van der Waals surface area contributed by atoms with E-state index in [4.69, 9.17) is 11.6 Å². The molecule has 1 aliphatic carbocycles. The van der Waals surface area contributed by atoms with Crippen molar-refractivity contribution >= 4 is 22.9 Å². The predicted molar refractivity (Wildman–Crippen MR) is 134 cm³/mol. The molecule has 0 amide bonds. The first-order valence-electron chi connectivity index (χ1n) is 11.2. The lowest BCUT2D eigenvalue weighted by molar-refractivity contribution is 0.477. The molecule has 4 aromatic rings. The van der Waals surface area contributed by atoms with Crippen LogP contribution in [0.5, 0.6) is 0 Å². The van der Waals surface area contributed by atoms with Gasteiger partial charge in [0.25, 0.3) is 0 Å². The Hall–Kier alpha value is -3.19. The molecule has 4 aromatic heterocycles. The molecular weight excluding hydrogens is 434 g/mol. The summed E-state index contributed by atoms with van der Waals surface area (Å²) in [4.78, 5) is 13.5. The minimum atomic E-state index is -0.0526. The van der Waals surface area contributed by atoms with Crippen LogP contribution >= 0.6 is 11.6 Å². The van der Waals surface area contributed by atoms with Crippen LogP contribution in [0.1, 0.15) is 57.0 Å². The maximum atomic E-state index is 6.51. The molecule has 5 rings (SSSR count). The molecule has 1 atom stereocenters. The zero-order chi connectivity index (χ0) is 23.9. The normalized spacial score (nSPS) is 16.3. The van der Waals surface area contributed by atoms with E-state index in [1.54, 1.807) is 12.5 Å². The highest BCUT2D eigenvalue weighted by Crippen LogP contribution is 2.48. The van der Waals surface area contributed by atoms with Crippen LogP contribution in [0.25, 0.3) is 17.0 Å². The lowest BCUT2D eigenvalue weighted by Gasteiger charge is -2.20. The van der Waals surface area contributed by atoms with Crippen molar-refractivity contribution < 1.29 is 0 Å². The Bertz CT molecular complexity index is 1330. The molecule has 0 aromatic carbocycles. The van der Waals surface area contributed by atoms with Gasteiger partial charge in [-0.25, -0.2) is 14.5 Å². The monoisotopic (exact) mass is 463 g/mol. The molecular formula is C25H30ClN7. The molecule has 1 unspecified atom stereocenters.